The third-order valence-electron chi connectivity index (χ3n) is 5.30. The molecule has 0 saturated heterocycles. The van der Waals surface area contributed by atoms with E-state index < -0.39 is 0 Å². The van der Waals surface area contributed by atoms with Crippen LogP contribution in [0.1, 0.15) is 24.8 Å². The summed E-state index contributed by atoms with van der Waals surface area (Å²) in [6.07, 6.45) is 2.93. The zero-order chi connectivity index (χ0) is 19.3. The SMILES string of the molecule is COc1cccc(NC(=O)CCN(Cc2cccc3ccccc23)C2CC2)c1. The second-order valence-electron chi connectivity index (χ2n) is 7.37. The summed E-state index contributed by atoms with van der Waals surface area (Å²) in [6, 6.07) is 23.1. The van der Waals surface area contributed by atoms with Crippen molar-refractivity contribution in [3.8, 4) is 5.75 Å². The minimum Gasteiger partial charge on any atom is -0.497 e. The number of hydrogen-bond acceptors (Lipinski definition) is 3. The van der Waals surface area contributed by atoms with Gasteiger partial charge in [0, 0.05) is 37.3 Å². The molecule has 4 rings (SSSR count). The molecule has 1 aliphatic rings. The quantitative estimate of drug-likeness (QED) is 0.613. The van der Waals surface area contributed by atoms with Gasteiger partial charge in [-0.25, -0.2) is 0 Å². The van der Waals surface area contributed by atoms with Gasteiger partial charge in [0.2, 0.25) is 5.91 Å². The molecule has 0 spiro atoms. The van der Waals surface area contributed by atoms with Crippen molar-refractivity contribution in [3.63, 3.8) is 0 Å². The molecule has 0 unspecified atom stereocenters. The lowest BCUT2D eigenvalue weighted by Gasteiger charge is -2.22. The van der Waals surface area contributed by atoms with Crippen LogP contribution < -0.4 is 10.1 Å². The van der Waals surface area contributed by atoms with Crippen molar-refractivity contribution in [1.29, 1.82) is 0 Å². The highest BCUT2D eigenvalue weighted by atomic mass is 16.5. The fraction of sp³-hybridized carbons (Fsp3) is 0.292. The van der Waals surface area contributed by atoms with E-state index in [1.54, 1.807) is 7.11 Å². The maximum absolute atomic E-state index is 12.4. The molecule has 3 aromatic carbocycles. The number of carbonyl (C=O) groups excluding carboxylic acids is 1. The highest BCUT2D eigenvalue weighted by molar-refractivity contribution is 5.91. The summed E-state index contributed by atoms with van der Waals surface area (Å²) < 4.78 is 5.22. The van der Waals surface area contributed by atoms with Gasteiger partial charge in [0.1, 0.15) is 5.75 Å². The molecule has 1 saturated carbocycles. The highest BCUT2D eigenvalue weighted by Gasteiger charge is 2.29. The maximum Gasteiger partial charge on any atom is 0.225 e. The fourth-order valence-electron chi connectivity index (χ4n) is 3.65. The van der Waals surface area contributed by atoms with E-state index in [1.165, 1.54) is 29.2 Å². The van der Waals surface area contributed by atoms with Crippen LogP contribution in [-0.4, -0.2) is 30.5 Å². The third kappa shape index (κ3) is 4.52. The molecule has 0 atom stereocenters. The predicted molar refractivity (Wildman–Crippen MR) is 114 cm³/mol. The van der Waals surface area contributed by atoms with E-state index in [4.69, 9.17) is 4.74 Å². The first-order chi connectivity index (χ1) is 13.7. The Morgan fingerprint density at radius 2 is 1.86 bits per heavy atom. The number of nitrogens with one attached hydrogen (secondary N) is 1. The maximum atomic E-state index is 12.4. The molecule has 0 heterocycles. The zero-order valence-corrected chi connectivity index (χ0v) is 16.2. The summed E-state index contributed by atoms with van der Waals surface area (Å²) >= 11 is 0. The Morgan fingerprint density at radius 3 is 2.68 bits per heavy atom. The Bertz CT molecular complexity index is 960. The number of amides is 1. The summed E-state index contributed by atoms with van der Waals surface area (Å²) in [4.78, 5) is 14.9. The summed E-state index contributed by atoms with van der Waals surface area (Å²) in [5.41, 5.74) is 2.11. The van der Waals surface area contributed by atoms with Crippen LogP contribution in [0.5, 0.6) is 5.75 Å². The van der Waals surface area contributed by atoms with Crippen LogP contribution in [0.15, 0.2) is 66.7 Å². The normalized spacial score (nSPS) is 13.6. The van der Waals surface area contributed by atoms with Crippen LogP contribution in [-0.2, 0) is 11.3 Å². The average molecular weight is 374 g/mol. The topological polar surface area (TPSA) is 41.6 Å². The van der Waals surface area contributed by atoms with Gasteiger partial charge in [-0.1, -0.05) is 48.5 Å². The molecule has 4 heteroatoms. The van der Waals surface area contributed by atoms with Crippen molar-refractivity contribution < 1.29 is 9.53 Å². The van der Waals surface area contributed by atoms with E-state index in [-0.39, 0.29) is 5.91 Å². The van der Waals surface area contributed by atoms with E-state index in [2.05, 4.69) is 52.7 Å². The molecule has 1 amide bonds. The van der Waals surface area contributed by atoms with Crippen molar-refractivity contribution in [2.75, 3.05) is 19.0 Å². The Labute approximate surface area is 166 Å². The summed E-state index contributed by atoms with van der Waals surface area (Å²) in [5, 5.41) is 5.55. The van der Waals surface area contributed by atoms with Crippen LogP contribution in [0.4, 0.5) is 5.69 Å². The van der Waals surface area contributed by atoms with Crippen LogP contribution >= 0.6 is 0 Å². The number of hydrogen-bond donors (Lipinski definition) is 1. The predicted octanol–water partition coefficient (Wildman–Crippen LogP) is 4.84. The van der Waals surface area contributed by atoms with Crippen molar-refractivity contribution >= 4 is 22.4 Å². The van der Waals surface area contributed by atoms with Crippen LogP contribution in [0.2, 0.25) is 0 Å². The number of fused-ring (bicyclic) bond motifs is 1. The minimum absolute atomic E-state index is 0.0387. The van der Waals surface area contributed by atoms with Crippen LogP contribution in [0.25, 0.3) is 10.8 Å². The van der Waals surface area contributed by atoms with Gasteiger partial charge in [0.15, 0.2) is 0 Å². The Kier molecular flexibility index (Phi) is 5.58. The molecule has 4 nitrogen and oxygen atoms in total. The zero-order valence-electron chi connectivity index (χ0n) is 16.2. The van der Waals surface area contributed by atoms with Gasteiger partial charge in [-0.3, -0.25) is 9.69 Å². The Balaban J connectivity index is 1.39. The van der Waals surface area contributed by atoms with Gasteiger partial charge >= 0.3 is 0 Å². The molecule has 1 fully saturated rings. The molecule has 1 aliphatic carbocycles. The number of methoxy groups -OCH3 is 1. The van der Waals surface area contributed by atoms with Gasteiger partial charge < -0.3 is 10.1 Å². The summed E-state index contributed by atoms with van der Waals surface area (Å²) in [6.45, 7) is 1.65. The lowest BCUT2D eigenvalue weighted by Crippen LogP contribution is -2.29. The second-order valence-corrected chi connectivity index (χ2v) is 7.37. The number of carbonyl (C=O) groups is 1. The number of ether oxygens (including phenoxy) is 1. The van der Waals surface area contributed by atoms with E-state index in [9.17, 15) is 4.79 Å². The van der Waals surface area contributed by atoms with Crippen molar-refractivity contribution in [2.24, 2.45) is 0 Å². The van der Waals surface area contributed by atoms with Gasteiger partial charge in [-0.15, -0.1) is 0 Å². The lowest BCUT2D eigenvalue weighted by molar-refractivity contribution is -0.116. The monoisotopic (exact) mass is 374 g/mol. The van der Waals surface area contributed by atoms with E-state index in [0.717, 1.165) is 24.5 Å². The van der Waals surface area contributed by atoms with Gasteiger partial charge in [0.05, 0.1) is 7.11 Å². The summed E-state index contributed by atoms with van der Waals surface area (Å²) in [5.74, 6) is 0.783. The number of benzene rings is 3. The second kappa shape index (κ2) is 8.44. The van der Waals surface area contributed by atoms with Gasteiger partial charge in [-0.2, -0.15) is 0 Å². The van der Waals surface area contributed by atoms with E-state index in [1.807, 2.05) is 24.3 Å². The Morgan fingerprint density at radius 1 is 1.07 bits per heavy atom. The molecule has 0 bridgehead atoms. The van der Waals surface area contributed by atoms with Crippen LogP contribution in [0.3, 0.4) is 0 Å². The van der Waals surface area contributed by atoms with Gasteiger partial charge in [-0.05, 0) is 41.3 Å². The fourth-order valence-corrected chi connectivity index (χ4v) is 3.65. The smallest absolute Gasteiger partial charge is 0.225 e. The number of anilines is 1. The van der Waals surface area contributed by atoms with E-state index >= 15 is 0 Å². The van der Waals surface area contributed by atoms with Crippen LogP contribution in [0, 0.1) is 0 Å². The first-order valence-electron chi connectivity index (χ1n) is 9.87. The molecule has 0 aromatic heterocycles. The van der Waals surface area contributed by atoms with Crippen molar-refractivity contribution in [3.05, 3.63) is 72.3 Å². The molecule has 0 radical (unpaired) electrons. The van der Waals surface area contributed by atoms with Crippen molar-refractivity contribution in [1.82, 2.24) is 4.90 Å². The average Bonchev–Trinajstić information content (AvgIpc) is 3.56. The summed E-state index contributed by atoms with van der Waals surface area (Å²) in [7, 11) is 1.63. The third-order valence-corrected chi connectivity index (χ3v) is 5.30. The molecular formula is C24H26N2O2. The molecule has 28 heavy (non-hydrogen) atoms. The van der Waals surface area contributed by atoms with E-state index in [0.29, 0.717) is 12.5 Å². The standard InChI is InChI=1S/C24H26N2O2/c1-28-22-10-5-9-20(16-22)25-24(27)14-15-26(21-12-13-21)17-19-8-4-7-18-6-2-3-11-23(18)19/h2-11,16,21H,12-15,17H2,1H3,(H,25,27). The Hall–Kier alpha value is -2.85. The molecular weight excluding hydrogens is 348 g/mol. The first-order valence-corrected chi connectivity index (χ1v) is 9.87. The number of rotatable bonds is 8. The lowest BCUT2D eigenvalue weighted by atomic mass is 10.0. The molecule has 144 valence electrons. The van der Waals surface area contributed by atoms with Gasteiger partial charge in [0.25, 0.3) is 0 Å². The first kappa shape index (κ1) is 18.5. The minimum atomic E-state index is 0.0387. The molecule has 3 aromatic rings. The largest absolute Gasteiger partial charge is 0.497 e. The van der Waals surface area contributed by atoms with Crippen molar-refractivity contribution in [2.45, 2.75) is 31.8 Å². The highest BCUT2D eigenvalue weighted by Crippen LogP contribution is 2.30. The number of nitrogens with zero attached hydrogens (tertiary/aromatic N) is 1. The molecule has 0 aliphatic heterocycles. The molecule has 1 N–H and O–H groups in total.